The quantitative estimate of drug-likeness (QED) is 0.595. The Morgan fingerprint density at radius 3 is 2.53 bits per heavy atom. The Labute approximate surface area is 122 Å². The molecule has 0 spiro atoms. The van der Waals surface area contributed by atoms with Gasteiger partial charge in [0.15, 0.2) is 5.52 Å². The van der Waals surface area contributed by atoms with Crippen molar-refractivity contribution in [1.82, 2.24) is 0 Å². The van der Waals surface area contributed by atoms with Crippen molar-refractivity contribution in [3.63, 3.8) is 0 Å². The zero-order valence-electron chi connectivity index (χ0n) is 9.35. The van der Waals surface area contributed by atoms with E-state index in [1.54, 1.807) is 6.07 Å². The normalized spacial score (nSPS) is 16.4. The summed E-state index contributed by atoms with van der Waals surface area (Å²) in [5.41, 5.74) is 3.34. The van der Waals surface area contributed by atoms with Crippen molar-refractivity contribution in [2.45, 2.75) is 32.6 Å². The van der Waals surface area contributed by atoms with Crippen LogP contribution in [-0.2, 0) is 0 Å². The Kier molecular flexibility index (Phi) is 6.25. The average Bonchev–Trinajstić information content (AvgIpc) is 2.70. The summed E-state index contributed by atoms with van der Waals surface area (Å²) in [5, 5.41) is 0.594. The van der Waals surface area contributed by atoms with E-state index >= 15 is 0 Å². The molecule has 1 aliphatic carbocycles. The first-order valence-corrected chi connectivity index (χ1v) is 6.97. The van der Waals surface area contributed by atoms with E-state index in [4.69, 9.17) is 11.6 Å². The molecule has 1 aromatic carbocycles. The standard InChI is InChI=1S/C13H15ClOP.Li.H/c1-9-5-4-8-11(14)12(9)13(15)16-10-6-2-3-7-10;;/h4-5,8,16H,2-3,6-7H2,1H3;;. The Morgan fingerprint density at radius 2 is 1.94 bits per heavy atom. The van der Waals surface area contributed by atoms with Crippen LogP contribution in [0.2, 0.25) is 5.02 Å². The Bertz CT molecular complexity index is 382. The fourth-order valence-electron chi connectivity index (χ4n) is 2.07. The van der Waals surface area contributed by atoms with E-state index in [0.717, 1.165) is 24.0 Å². The Balaban J connectivity index is 0.00000144. The first-order valence-electron chi connectivity index (χ1n) is 5.59. The zero-order valence-corrected chi connectivity index (χ0v) is 11.1. The van der Waals surface area contributed by atoms with Gasteiger partial charge in [-0.1, -0.05) is 36.6 Å². The minimum atomic E-state index is 0. The number of benzene rings is 1. The van der Waals surface area contributed by atoms with Crippen LogP contribution in [0.4, 0.5) is 0 Å². The summed E-state index contributed by atoms with van der Waals surface area (Å²) in [6, 6.07) is 5.63. The van der Waals surface area contributed by atoms with Gasteiger partial charge in [-0.3, -0.25) is 4.79 Å². The summed E-state index contributed by atoms with van der Waals surface area (Å²) in [4.78, 5) is 12.1. The fraction of sp³-hybridized carbons (Fsp3) is 0.385. The number of hydrogen-bond acceptors (Lipinski definition) is 1. The van der Waals surface area contributed by atoms with Gasteiger partial charge in [0.2, 0.25) is 0 Å². The molecule has 0 N–H and O–H groups in total. The molecule has 1 aliphatic rings. The average molecular weight is 262 g/mol. The van der Waals surface area contributed by atoms with Gasteiger partial charge in [-0.05, 0) is 40.0 Å². The van der Waals surface area contributed by atoms with Crippen molar-refractivity contribution in [3.05, 3.63) is 40.0 Å². The predicted molar refractivity (Wildman–Crippen MR) is 77.7 cm³/mol. The van der Waals surface area contributed by atoms with Gasteiger partial charge >= 0.3 is 18.9 Å². The number of aryl methyl sites for hydroxylation is 1. The molecular formula is C13H16ClLiOP. The van der Waals surface area contributed by atoms with E-state index in [-0.39, 0.29) is 24.4 Å². The molecule has 87 valence electrons. The van der Waals surface area contributed by atoms with E-state index < -0.39 is 0 Å². The predicted octanol–water partition coefficient (Wildman–Crippen LogP) is 3.92. The molecule has 17 heavy (non-hydrogen) atoms. The number of carbonyl (C=O) groups excluding carboxylic acids is 1. The van der Waals surface area contributed by atoms with Gasteiger partial charge in [0.1, 0.15) is 0 Å². The van der Waals surface area contributed by atoms with Crippen LogP contribution < -0.4 is 0 Å². The number of rotatable bonds is 3. The van der Waals surface area contributed by atoms with Crippen LogP contribution in [0.5, 0.6) is 0 Å². The first-order chi connectivity index (χ1) is 7.68. The SMILES string of the molecule is Cc1cccc(Cl)c1C(=O)P[C]1CCCC1.[LiH]. The van der Waals surface area contributed by atoms with E-state index in [1.807, 2.05) is 19.1 Å². The summed E-state index contributed by atoms with van der Waals surface area (Å²) in [7, 11) is 0.323. The number of carbonyl (C=O) groups is 1. The maximum atomic E-state index is 12.1. The molecular weight excluding hydrogens is 246 g/mol. The van der Waals surface area contributed by atoms with Crippen LogP contribution in [0.3, 0.4) is 0 Å². The monoisotopic (exact) mass is 261 g/mol. The van der Waals surface area contributed by atoms with Gasteiger partial charge in [-0.25, -0.2) is 0 Å². The van der Waals surface area contributed by atoms with Crippen molar-refractivity contribution in [1.29, 1.82) is 0 Å². The third-order valence-electron chi connectivity index (χ3n) is 2.95. The molecule has 1 unspecified atom stereocenters. The van der Waals surface area contributed by atoms with Crippen LogP contribution in [0, 0.1) is 12.6 Å². The van der Waals surface area contributed by atoms with E-state index in [0.29, 0.717) is 13.6 Å². The Hall–Kier alpha value is 0.207. The van der Waals surface area contributed by atoms with Crippen LogP contribution in [0.15, 0.2) is 18.2 Å². The van der Waals surface area contributed by atoms with E-state index in [9.17, 15) is 4.79 Å². The molecule has 1 atom stereocenters. The van der Waals surface area contributed by atoms with Crippen LogP contribution in [0.1, 0.15) is 41.6 Å². The number of hydrogen-bond donors (Lipinski definition) is 0. The molecule has 1 nitrogen and oxygen atoms in total. The van der Waals surface area contributed by atoms with Gasteiger partial charge in [-0.15, -0.1) is 0 Å². The van der Waals surface area contributed by atoms with Gasteiger partial charge in [0.25, 0.3) is 0 Å². The van der Waals surface area contributed by atoms with Crippen molar-refractivity contribution < 1.29 is 4.79 Å². The van der Waals surface area contributed by atoms with Crippen LogP contribution in [-0.4, -0.2) is 24.4 Å². The molecule has 1 aromatic rings. The summed E-state index contributed by atoms with van der Waals surface area (Å²) >= 11 is 6.08. The second-order valence-corrected chi connectivity index (χ2v) is 6.01. The van der Waals surface area contributed by atoms with Gasteiger partial charge in [-0.2, -0.15) is 0 Å². The maximum absolute atomic E-state index is 12.1. The summed E-state index contributed by atoms with van der Waals surface area (Å²) < 4.78 is 0. The third-order valence-corrected chi connectivity index (χ3v) is 4.59. The number of halogens is 1. The molecule has 0 aliphatic heterocycles. The fourth-order valence-corrected chi connectivity index (χ4v) is 3.84. The van der Waals surface area contributed by atoms with Crippen molar-refractivity contribution in [3.8, 4) is 0 Å². The topological polar surface area (TPSA) is 17.1 Å². The second kappa shape index (κ2) is 6.96. The third kappa shape index (κ3) is 3.83. The molecule has 1 radical (unpaired) electrons. The molecule has 1 saturated carbocycles. The van der Waals surface area contributed by atoms with Crippen molar-refractivity contribution >= 4 is 44.6 Å². The summed E-state index contributed by atoms with van der Waals surface area (Å²) in [5.74, 6) is 0. The van der Waals surface area contributed by atoms with Crippen LogP contribution in [0.25, 0.3) is 0 Å². The molecule has 0 heterocycles. The molecule has 0 bridgehead atoms. The van der Waals surface area contributed by atoms with E-state index in [1.165, 1.54) is 18.5 Å². The first kappa shape index (κ1) is 15.3. The Morgan fingerprint density at radius 1 is 1.29 bits per heavy atom. The minimum absolute atomic E-state index is 0. The molecule has 0 amide bonds. The zero-order chi connectivity index (χ0) is 11.5. The molecule has 0 saturated heterocycles. The van der Waals surface area contributed by atoms with Gasteiger partial charge in [0.05, 0.1) is 5.02 Å². The molecule has 2 rings (SSSR count). The molecule has 1 fully saturated rings. The van der Waals surface area contributed by atoms with Crippen molar-refractivity contribution in [2.24, 2.45) is 0 Å². The second-order valence-electron chi connectivity index (χ2n) is 4.20. The molecule has 0 aromatic heterocycles. The molecule has 4 heteroatoms. The van der Waals surface area contributed by atoms with E-state index in [2.05, 4.69) is 0 Å². The van der Waals surface area contributed by atoms with Crippen LogP contribution >= 0.6 is 20.2 Å². The van der Waals surface area contributed by atoms with Gasteiger partial charge < -0.3 is 0 Å². The summed E-state index contributed by atoms with van der Waals surface area (Å²) in [6.07, 6.45) is 4.76. The van der Waals surface area contributed by atoms with Gasteiger partial charge in [0, 0.05) is 11.2 Å². The summed E-state index contributed by atoms with van der Waals surface area (Å²) in [6.45, 7) is 1.95. The van der Waals surface area contributed by atoms with Crippen molar-refractivity contribution in [2.75, 3.05) is 0 Å².